The fourth-order valence-corrected chi connectivity index (χ4v) is 2.15. The van der Waals surface area contributed by atoms with Crippen molar-refractivity contribution >= 4 is 5.96 Å². The first-order chi connectivity index (χ1) is 11.2. The number of rotatable bonds is 6. The molecule has 5 nitrogen and oxygen atoms in total. The lowest BCUT2D eigenvalue weighted by atomic mass is 10.1. The first-order valence-corrected chi connectivity index (χ1v) is 7.81. The standard InChI is InChI=1S/C18H24N4O/c1-4-19-18(22-14(2)16-8-6-5-7-9-16)21-13-15-10-11-17(23-3)20-12-15/h5-12,14H,4,13H2,1-3H3,(H2,19,21,22). The van der Waals surface area contributed by atoms with Gasteiger partial charge in [0.1, 0.15) is 0 Å². The van der Waals surface area contributed by atoms with Gasteiger partial charge in [-0.1, -0.05) is 36.4 Å². The van der Waals surface area contributed by atoms with Crippen molar-refractivity contribution in [1.82, 2.24) is 15.6 Å². The van der Waals surface area contributed by atoms with E-state index in [1.807, 2.05) is 30.3 Å². The molecule has 1 atom stereocenters. The molecule has 122 valence electrons. The zero-order valence-corrected chi connectivity index (χ0v) is 13.9. The highest BCUT2D eigenvalue weighted by Gasteiger charge is 2.07. The number of hydrogen-bond acceptors (Lipinski definition) is 3. The third-order valence-electron chi connectivity index (χ3n) is 3.42. The zero-order valence-electron chi connectivity index (χ0n) is 13.9. The fourth-order valence-electron chi connectivity index (χ4n) is 2.15. The molecule has 1 aromatic carbocycles. The second-order valence-electron chi connectivity index (χ2n) is 5.18. The maximum Gasteiger partial charge on any atom is 0.212 e. The summed E-state index contributed by atoms with van der Waals surface area (Å²) in [4.78, 5) is 8.82. The lowest BCUT2D eigenvalue weighted by molar-refractivity contribution is 0.397. The molecule has 1 heterocycles. The largest absolute Gasteiger partial charge is 0.481 e. The Morgan fingerprint density at radius 1 is 1.22 bits per heavy atom. The Labute approximate surface area is 137 Å². The van der Waals surface area contributed by atoms with Crippen LogP contribution in [0.5, 0.6) is 5.88 Å². The van der Waals surface area contributed by atoms with Gasteiger partial charge < -0.3 is 15.4 Å². The Bertz CT molecular complexity index is 611. The van der Waals surface area contributed by atoms with E-state index in [2.05, 4.69) is 46.6 Å². The van der Waals surface area contributed by atoms with E-state index in [0.717, 1.165) is 18.1 Å². The van der Waals surface area contributed by atoms with Crippen LogP contribution in [-0.4, -0.2) is 24.6 Å². The van der Waals surface area contributed by atoms with Crippen LogP contribution in [0.1, 0.15) is 31.0 Å². The van der Waals surface area contributed by atoms with Gasteiger partial charge in [-0.2, -0.15) is 0 Å². The molecule has 23 heavy (non-hydrogen) atoms. The third-order valence-corrected chi connectivity index (χ3v) is 3.42. The maximum absolute atomic E-state index is 5.06. The molecule has 1 aromatic heterocycles. The second kappa shape index (κ2) is 8.78. The minimum absolute atomic E-state index is 0.183. The first kappa shape index (κ1) is 16.8. The molecule has 0 fully saturated rings. The van der Waals surface area contributed by atoms with Gasteiger partial charge in [-0.3, -0.25) is 0 Å². The Hall–Kier alpha value is -2.56. The molecule has 2 rings (SSSR count). The number of hydrogen-bond donors (Lipinski definition) is 2. The van der Waals surface area contributed by atoms with Crippen LogP contribution in [0.15, 0.2) is 53.7 Å². The van der Waals surface area contributed by atoms with E-state index in [1.54, 1.807) is 13.3 Å². The molecule has 5 heteroatoms. The summed E-state index contributed by atoms with van der Waals surface area (Å²) in [5.74, 6) is 1.40. The number of aliphatic imine (C=N–C) groups is 1. The van der Waals surface area contributed by atoms with Crippen molar-refractivity contribution in [3.63, 3.8) is 0 Å². The van der Waals surface area contributed by atoms with Gasteiger partial charge in [0.2, 0.25) is 5.88 Å². The van der Waals surface area contributed by atoms with E-state index in [9.17, 15) is 0 Å². The predicted molar refractivity (Wildman–Crippen MR) is 93.6 cm³/mol. The normalized spacial score (nSPS) is 12.6. The molecule has 1 unspecified atom stereocenters. The van der Waals surface area contributed by atoms with Gasteiger partial charge in [0, 0.05) is 18.8 Å². The van der Waals surface area contributed by atoms with Gasteiger partial charge >= 0.3 is 0 Å². The average Bonchev–Trinajstić information content (AvgIpc) is 2.61. The van der Waals surface area contributed by atoms with Gasteiger partial charge in [0.15, 0.2) is 5.96 Å². The molecule has 0 bridgehead atoms. The molecule has 2 aromatic rings. The number of methoxy groups -OCH3 is 1. The average molecular weight is 312 g/mol. The van der Waals surface area contributed by atoms with Gasteiger partial charge in [-0.15, -0.1) is 0 Å². The van der Waals surface area contributed by atoms with E-state index in [4.69, 9.17) is 4.74 Å². The van der Waals surface area contributed by atoms with E-state index in [-0.39, 0.29) is 6.04 Å². The number of ether oxygens (including phenoxy) is 1. The van der Waals surface area contributed by atoms with Crippen LogP contribution in [0.2, 0.25) is 0 Å². The van der Waals surface area contributed by atoms with Crippen molar-refractivity contribution in [2.45, 2.75) is 26.4 Å². The lowest BCUT2D eigenvalue weighted by Gasteiger charge is -2.18. The molecule has 0 amide bonds. The van der Waals surface area contributed by atoms with E-state index >= 15 is 0 Å². The van der Waals surface area contributed by atoms with Crippen LogP contribution >= 0.6 is 0 Å². The summed E-state index contributed by atoms with van der Waals surface area (Å²) in [7, 11) is 1.61. The fraction of sp³-hybridized carbons (Fsp3) is 0.333. The van der Waals surface area contributed by atoms with E-state index in [1.165, 1.54) is 5.56 Å². The van der Waals surface area contributed by atoms with Crippen molar-refractivity contribution in [1.29, 1.82) is 0 Å². The van der Waals surface area contributed by atoms with Crippen LogP contribution in [0.25, 0.3) is 0 Å². The smallest absolute Gasteiger partial charge is 0.212 e. The minimum Gasteiger partial charge on any atom is -0.481 e. The van der Waals surface area contributed by atoms with Crippen molar-refractivity contribution in [2.75, 3.05) is 13.7 Å². The molecule has 0 radical (unpaired) electrons. The lowest BCUT2D eigenvalue weighted by Crippen LogP contribution is -2.38. The number of pyridine rings is 1. The molecule has 0 aliphatic carbocycles. The molecule has 0 saturated heterocycles. The van der Waals surface area contributed by atoms with Crippen LogP contribution in [0.4, 0.5) is 0 Å². The molecular weight excluding hydrogens is 288 g/mol. The summed E-state index contributed by atoms with van der Waals surface area (Å²) in [5, 5.41) is 6.69. The van der Waals surface area contributed by atoms with E-state index in [0.29, 0.717) is 12.4 Å². The molecule has 0 saturated carbocycles. The van der Waals surface area contributed by atoms with Crippen LogP contribution in [0.3, 0.4) is 0 Å². The van der Waals surface area contributed by atoms with Crippen LogP contribution in [0, 0.1) is 0 Å². The Kier molecular flexibility index (Phi) is 6.41. The molecule has 0 aliphatic heterocycles. The van der Waals surface area contributed by atoms with Crippen molar-refractivity contribution in [3.8, 4) is 5.88 Å². The summed E-state index contributed by atoms with van der Waals surface area (Å²) >= 11 is 0. The highest BCUT2D eigenvalue weighted by atomic mass is 16.5. The Morgan fingerprint density at radius 2 is 2.00 bits per heavy atom. The monoisotopic (exact) mass is 312 g/mol. The third kappa shape index (κ3) is 5.29. The zero-order chi connectivity index (χ0) is 16.5. The summed E-state index contributed by atoms with van der Waals surface area (Å²) in [6.07, 6.45) is 1.78. The van der Waals surface area contributed by atoms with Crippen molar-refractivity contribution < 1.29 is 4.74 Å². The first-order valence-electron chi connectivity index (χ1n) is 7.81. The highest BCUT2D eigenvalue weighted by molar-refractivity contribution is 5.80. The molecule has 0 aliphatic rings. The number of benzene rings is 1. The van der Waals surface area contributed by atoms with E-state index < -0.39 is 0 Å². The van der Waals surface area contributed by atoms with Gasteiger partial charge in [0.25, 0.3) is 0 Å². The minimum atomic E-state index is 0.183. The summed E-state index contributed by atoms with van der Waals surface area (Å²) in [6.45, 7) is 5.55. The van der Waals surface area contributed by atoms with Crippen LogP contribution in [-0.2, 0) is 6.54 Å². The SMILES string of the molecule is CCNC(=NCc1ccc(OC)nc1)NC(C)c1ccccc1. The Balaban J connectivity index is 2.01. The van der Waals surface area contributed by atoms with Crippen molar-refractivity contribution in [2.24, 2.45) is 4.99 Å². The summed E-state index contributed by atoms with van der Waals surface area (Å²) < 4.78 is 5.06. The predicted octanol–water partition coefficient (Wildman–Crippen LogP) is 2.91. The number of nitrogens with zero attached hydrogens (tertiary/aromatic N) is 2. The highest BCUT2D eigenvalue weighted by Crippen LogP contribution is 2.11. The second-order valence-corrected chi connectivity index (χ2v) is 5.18. The van der Waals surface area contributed by atoms with Gasteiger partial charge in [-0.25, -0.2) is 9.98 Å². The maximum atomic E-state index is 5.06. The summed E-state index contributed by atoms with van der Waals surface area (Å²) in [6, 6.07) is 14.3. The molecule has 2 N–H and O–H groups in total. The van der Waals surface area contributed by atoms with Crippen LogP contribution < -0.4 is 15.4 Å². The topological polar surface area (TPSA) is 58.5 Å². The molecular formula is C18H24N4O. The van der Waals surface area contributed by atoms with Crippen molar-refractivity contribution in [3.05, 3.63) is 59.8 Å². The van der Waals surface area contributed by atoms with Gasteiger partial charge in [-0.05, 0) is 25.0 Å². The quantitative estimate of drug-likeness (QED) is 0.636. The molecule has 0 spiro atoms. The Morgan fingerprint density at radius 3 is 2.61 bits per heavy atom. The van der Waals surface area contributed by atoms with Gasteiger partial charge in [0.05, 0.1) is 19.7 Å². The summed E-state index contributed by atoms with van der Waals surface area (Å²) in [5.41, 5.74) is 2.26. The number of guanidine groups is 1. The number of aromatic nitrogens is 1. The number of nitrogens with one attached hydrogen (secondary N) is 2.